The molecule has 19 heteroatoms. The normalized spacial score (nSPS) is 23.9. The summed E-state index contributed by atoms with van der Waals surface area (Å²) in [5.41, 5.74) is -1.25. The first-order valence-corrected chi connectivity index (χ1v) is 25.7. The Hall–Kier alpha value is -4.94. The van der Waals surface area contributed by atoms with E-state index in [4.69, 9.17) is 24.4 Å². The number of rotatable bonds is 23. The number of allylic oxidation sites excluding steroid dienone is 1. The summed E-state index contributed by atoms with van der Waals surface area (Å²) < 4.78 is 22.6. The van der Waals surface area contributed by atoms with Gasteiger partial charge in [0.15, 0.2) is 6.04 Å². The summed E-state index contributed by atoms with van der Waals surface area (Å²) in [5, 5.41) is 31.6. The van der Waals surface area contributed by atoms with Crippen molar-refractivity contribution in [2.45, 2.75) is 206 Å². The van der Waals surface area contributed by atoms with E-state index in [2.05, 4.69) is 32.7 Å². The highest BCUT2D eigenvalue weighted by molar-refractivity contribution is 5.96. The molecule has 0 radical (unpaired) electrons. The first kappa shape index (κ1) is 57.6. The number of carboxylic acids is 1. The quantitative estimate of drug-likeness (QED) is 0.0347. The van der Waals surface area contributed by atoms with Crippen LogP contribution in [0.5, 0.6) is 0 Å². The maximum Gasteiger partial charge on any atom is 0.407 e. The maximum atomic E-state index is 14.6. The molecule has 7 N–H and O–H groups in total. The van der Waals surface area contributed by atoms with E-state index in [1.807, 2.05) is 6.92 Å². The van der Waals surface area contributed by atoms with Crippen LogP contribution in [0.4, 0.5) is 9.59 Å². The molecular formula is C51H85N7O12. The minimum absolute atomic E-state index is 0.0400. The van der Waals surface area contributed by atoms with E-state index < -0.39 is 96.4 Å². The van der Waals surface area contributed by atoms with Crippen LogP contribution in [0.15, 0.2) is 11.8 Å². The highest BCUT2D eigenvalue weighted by Gasteiger charge is 2.40. The number of ether oxygens (including phenoxy) is 4. The van der Waals surface area contributed by atoms with Gasteiger partial charge >= 0.3 is 18.2 Å². The average Bonchev–Trinajstić information content (AvgIpc) is 3.40. The van der Waals surface area contributed by atoms with E-state index in [1.165, 1.54) is 24.2 Å². The molecule has 6 amide bonds. The van der Waals surface area contributed by atoms with Gasteiger partial charge in [0.2, 0.25) is 23.6 Å². The summed E-state index contributed by atoms with van der Waals surface area (Å²) in [6.07, 6.45) is 12.2. The van der Waals surface area contributed by atoms with Gasteiger partial charge in [0, 0.05) is 18.8 Å². The van der Waals surface area contributed by atoms with E-state index in [0.29, 0.717) is 55.4 Å². The number of fused-ring (bicyclic) bond motifs is 2. The molecule has 396 valence electrons. The molecular weight excluding hydrogens is 903 g/mol. The van der Waals surface area contributed by atoms with Crippen LogP contribution in [-0.4, -0.2) is 132 Å². The van der Waals surface area contributed by atoms with Gasteiger partial charge in [0.1, 0.15) is 41.7 Å². The third-order valence-electron chi connectivity index (χ3n) is 13.6. The number of carbonyl (C=O) groups is 7. The van der Waals surface area contributed by atoms with Crippen molar-refractivity contribution < 1.29 is 57.6 Å². The highest BCUT2D eigenvalue weighted by Crippen LogP contribution is 2.45. The van der Waals surface area contributed by atoms with Crippen LogP contribution in [0.25, 0.3) is 0 Å². The zero-order valence-corrected chi connectivity index (χ0v) is 43.5. The molecule has 4 aliphatic carbocycles. The molecule has 0 spiro atoms. The molecule has 0 unspecified atom stereocenters. The fourth-order valence-corrected chi connectivity index (χ4v) is 10.0. The smallest absolute Gasteiger partial charge is 0.407 e. The fraction of sp³-hybridized carbons (Fsp3) is 0.804. The molecule has 0 aliphatic heterocycles. The molecule has 4 saturated carbocycles. The van der Waals surface area contributed by atoms with E-state index in [1.54, 1.807) is 62.4 Å². The number of amides is 6. The number of hydrogen-bond donors (Lipinski definition) is 7. The average molecular weight is 988 g/mol. The van der Waals surface area contributed by atoms with Crippen molar-refractivity contribution in [3.05, 3.63) is 11.8 Å². The SMILES string of the molecule is CCC[C@@H](C(=O)N[C@H](C(=O)N[C@@H](CNC(=O)OC(C)(C)C)C(=O)N[C@@H](CO[C@H]1C[C@H](NC(=O)OC(C)(C)C)C1)C(=O)O)C1CCCCCC1)N(C)C(=O)[C@H](C)/C(=C\[C@H]1C[C@H]2CC[C@@H](C1)C2)OCC(C)=N. The van der Waals surface area contributed by atoms with E-state index >= 15 is 0 Å². The number of nitrogens with zero attached hydrogens (tertiary/aromatic N) is 1. The van der Waals surface area contributed by atoms with Gasteiger partial charge in [0.25, 0.3) is 0 Å². The predicted molar refractivity (Wildman–Crippen MR) is 263 cm³/mol. The molecule has 0 heterocycles. The summed E-state index contributed by atoms with van der Waals surface area (Å²) >= 11 is 0. The highest BCUT2D eigenvalue weighted by atomic mass is 16.6. The summed E-state index contributed by atoms with van der Waals surface area (Å²) in [6.45, 7) is 14.7. The molecule has 0 saturated heterocycles. The standard InChI is InChI=1S/C51H85N7O12/c1-11-16-40(58(10)46(62)31(3)41(68-28-30(2)52)24-34-22-32-19-20-33(21-32)23-34)44(60)57-42(35-17-14-12-13-15-18-35)45(61)55-38(27-53-48(65)69-50(4,5)6)43(59)56-39(47(63)64)29-67-37-25-36(26-37)54-49(66)70-51(7,8)9/h24,31-40,42,52H,11-23,25-29H2,1-10H3,(H,53,65)(H,54,66)(H,55,61)(H,56,59)(H,57,60)(H,63,64)/b41-24+,52-30?/t31-,32-,33+,34-,36-,37-,38+,39+,40+,42+/m1/s1. The molecule has 4 aliphatic rings. The van der Waals surface area contributed by atoms with E-state index in [0.717, 1.165) is 38.5 Å². The Morgan fingerprint density at radius 2 is 1.36 bits per heavy atom. The second kappa shape index (κ2) is 26.5. The number of likely N-dealkylation sites (N-methyl/N-ethyl adjacent to an activating group) is 1. The lowest BCUT2D eigenvalue weighted by Crippen LogP contribution is -2.62. The summed E-state index contributed by atoms with van der Waals surface area (Å²) in [7, 11) is 1.58. The first-order valence-electron chi connectivity index (χ1n) is 25.7. The Kier molecular flexibility index (Phi) is 21.8. The Balaban J connectivity index is 1.52. The molecule has 0 aromatic heterocycles. The number of carboxylic acid groups (broad SMARTS) is 1. The largest absolute Gasteiger partial charge is 0.492 e. The van der Waals surface area contributed by atoms with Gasteiger partial charge in [-0.3, -0.25) is 19.2 Å². The lowest BCUT2D eigenvalue weighted by Gasteiger charge is -2.36. The molecule has 0 aromatic rings. The summed E-state index contributed by atoms with van der Waals surface area (Å²) in [6, 6.07) is -5.44. The zero-order valence-electron chi connectivity index (χ0n) is 43.5. The van der Waals surface area contributed by atoms with Crippen molar-refractivity contribution in [1.82, 2.24) is 31.5 Å². The minimum atomic E-state index is -1.55. The van der Waals surface area contributed by atoms with Crippen LogP contribution in [0.3, 0.4) is 0 Å². The minimum Gasteiger partial charge on any atom is -0.492 e. The van der Waals surface area contributed by atoms with Crippen LogP contribution in [0, 0.1) is 35.0 Å². The van der Waals surface area contributed by atoms with Crippen molar-refractivity contribution in [3.8, 4) is 0 Å². The second-order valence-electron chi connectivity index (χ2n) is 22.2. The van der Waals surface area contributed by atoms with Gasteiger partial charge in [-0.2, -0.15) is 0 Å². The number of hydrogen-bond acceptors (Lipinski definition) is 12. The van der Waals surface area contributed by atoms with Crippen molar-refractivity contribution in [3.63, 3.8) is 0 Å². The molecule has 4 fully saturated rings. The fourth-order valence-electron chi connectivity index (χ4n) is 10.0. The number of carbonyl (C=O) groups excluding carboxylic acids is 6. The Labute approximate surface area is 415 Å². The monoisotopic (exact) mass is 988 g/mol. The topological polar surface area (TPSA) is 264 Å². The Morgan fingerprint density at radius 1 is 0.771 bits per heavy atom. The Morgan fingerprint density at radius 3 is 1.91 bits per heavy atom. The van der Waals surface area contributed by atoms with Crippen molar-refractivity contribution >= 4 is 47.5 Å². The van der Waals surface area contributed by atoms with Gasteiger partial charge in [-0.1, -0.05) is 51.9 Å². The van der Waals surface area contributed by atoms with Crippen molar-refractivity contribution in [1.29, 1.82) is 5.41 Å². The third kappa shape index (κ3) is 19.0. The van der Waals surface area contributed by atoms with E-state index in [-0.39, 0.29) is 36.8 Å². The van der Waals surface area contributed by atoms with Gasteiger partial charge in [-0.05, 0) is 137 Å². The maximum absolute atomic E-state index is 14.6. The summed E-state index contributed by atoms with van der Waals surface area (Å²) in [4.78, 5) is 96.6. The summed E-state index contributed by atoms with van der Waals surface area (Å²) in [5.74, 6) is -2.96. The molecule has 70 heavy (non-hydrogen) atoms. The number of aliphatic carboxylic acids is 1. The van der Waals surface area contributed by atoms with Gasteiger partial charge in [0.05, 0.1) is 25.2 Å². The molecule has 0 aromatic carbocycles. The van der Waals surface area contributed by atoms with Gasteiger partial charge in [-0.15, -0.1) is 0 Å². The van der Waals surface area contributed by atoms with E-state index in [9.17, 15) is 38.7 Å². The second-order valence-corrected chi connectivity index (χ2v) is 22.2. The lowest BCUT2D eigenvalue weighted by molar-refractivity contribution is -0.145. The van der Waals surface area contributed by atoms with Crippen LogP contribution in [0.1, 0.15) is 159 Å². The number of alkyl carbamates (subject to hydrolysis) is 2. The Bertz CT molecular complexity index is 1840. The predicted octanol–water partition coefficient (Wildman–Crippen LogP) is 6.12. The molecule has 2 bridgehead atoms. The molecule has 4 rings (SSSR count). The number of nitrogens with one attached hydrogen (secondary N) is 6. The van der Waals surface area contributed by atoms with Crippen molar-refractivity contribution in [2.75, 3.05) is 26.8 Å². The lowest BCUT2D eigenvalue weighted by atomic mass is 9.80. The van der Waals surface area contributed by atoms with Gasteiger partial charge < -0.3 is 60.9 Å². The van der Waals surface area contributed by atoms with Crippen molar-refractivity contribution in [2.24, 2.45) is 29.6 Å². The molecule has 8 atom stereocenters. The van der Waals surface area contributed by atoms with Crippen LogP contribution in [-0.2, 0) is 42.9 Å². The zero-order chi connectivity index (χ0) is 51.9. The molecule has 19 nitrogen and oxygen atoms in total. The van der Waals surface area contributed by atoms with Crippen LogP contribution >= 0.6 is 0 Å². The third-order valence-corrected chi connectivity index (χ3v) is 13.6. The van der Waals surface area contributed by atoms with Crippen LogP contribution in [0.2, 0.25) is 0 Å². The van der Waals surface area contributed by atoms with Crippen LogP contribution < -0.4 is 26.6 Å². The van der Waals surface area contributed by atoms with Gasteiger partial charge in [-0.25, -0.2) is 14.4 Å². The first-order chi connectivity index (χ1) is 32.8.